The molecule has 2 fully saturated rings. The van der Waals surface area contributed by atoms with Gasteiger partial charge in [-0.1, -0.05) is 48.5 Å². The zero-order chi connectivity index (χ0) is 31.6. The van der Waals surface area contributed by atoms with Crippen LogP contribution in [0.5, 0.6) is 0 Å². The number of pyridine rings is 1. The Hall–Kier alpha value is -4.74. The first-order valence-corrected chi connectivity index (χ1v) is 14.8. The molecule has 4 heterocycles. The Labute approximate surface area is 257 Å². The molecular formula is C33H31F4N5O3. The van der Waals surface area contributed by atoms with E-state index in [0.29, 0.717) is 49.9 Å². The monoisotopic (exact) mass is 621 g/mol. The van der Waals surface area contributed by atoms with Crippen LogP contribution in [0.15, 0.2) is 77.3 Å². The molecule has 2 aromatic carbocycles. The lowest BCUT2D eigenvalue weighted by Gasteiger charge is -2.31. The van der Waals surface area contributed by atoms with Gasteiger partial charge in [-0.3, -0.25) is 9.59 Å². The summed E-state index contributed by atoms with van der Waals surface area (Å²) in [6, 6.07) is 18.7. The molecule has 1 N–H and O–H groups in total. The third-order valence-electron chi connectivity index (χ3n) is 8.30. The second-order valence-electron chi connectivity index (χ2n) is 11.4. The third kappa shape index (κ3) is 6.84. The van der Waals surface area contributed by atoms with Gasteiger partial charge >= 0.3 is 6.18 Å². The van der Waals surface area contributed by atoms with E-state index in [4.69, 9.17) is 4.42 Å². The van der Waals surface area contributed by atoms with Gasteiger partial charge in [0.05, 0.1) is 5.56 Å². The summed E-state index contributed by atoms with van der Waals surface area (Å²) in [4.78, 5) is 37.0. The summed E-state index contributed by atoms with van der Waals surface area (Å²) >= 11 is 0. The number of nitrogens with zero attached hydrogens (tertiary/aromatic N) is 4. The molecule has 2 aromatic heterocycles. The molecule has 0 saturated carbocycles. The largest absolute Gasteiger partial charge is 0.437 e. The number of ketones is 1. The highest BCUT2D eigenvalue weighted by molar-refractivity contribution is 5.96. The van der Waals surface area contributed by atoms with Crippen molar-refractivity contribution in [2.45, 2.75) is 43.8 Å². The third-order valence-corrected chi connectivity index (χ3v) is 8.30. The Morgan fingerprint density at radius 3 is 2.36 bits per heavy atom. The van der Waals surface area contributed by atoms with Gasteiger partial charge < -0.3 is 19.5 Å². The van der Waals surface area contributed by atoms with Gasteiger partial charge in [-0.05, 0) is 54.5 Å². The molecule has 4 aromatic rings. The van der Waals surface area contributed by atoms with Crippen molar-refractivity contribution in [1.29, 1.82) is 0 Å². The van der Waals surface area contributed by atoms with Crippen LogP contribution in [0.1, 0.15) is 62.9 Å². The fourth-order valence-corrected chi connectivity index (χ4v) is 5.91. The Balaban J connectivity index is 1.07. The number of carbonyl (C=O) groups is 2. The van der Waals surface area contributed by atoms with Crippen LogP contribution in [0.3, 0.4) is 0 Å². The first kappa shape index (κ1) is 30.3. The Bertz CT molecular complexity index is 1650. The van der Waals surface area contributed by atoms with Crippen LogP contribution < -0.4 is 10.2 Å². The van der Waals surface area contributed by atoms with Crippen LogP contribution >= 0.6 is 0 Å². The number of halogens is 4. The topological polar surface area (TPSA) is 91.6 Å². The molecule has 12 heteroatoms. The molecule has 45 heavy (non-hydrogen) atoms. The summed E-state index contributed by atoms with van der Waals surface area (Å²) in [6.07, 6.45) is -1.72. The fourth-order valence-electron chi connectivity index (χ4n) is 5.91. The van der Waals surface area contributed by atoms with Crippen molar-refractivity contribution in [3.8, 4) is 0 Å². The van der Waals surface area contributed by atoms with E-state index in [1.807, 2.05) is 30.3 Å². The second kappa shape index (κ2) is 12.7. The van der Waals surface area contributed by atoms with E-state index >= 15 is 0 Å². The number of carbonyl (C=O) groups excluding carboxylic acids is 2. The summed E-state index contributed by atoms with van der Waals surface area (Å²) in [5.41, 5.74) is 0.287. The zero-order valence-corrected chi connectivity index (χ0v) is 24.3. The summed E-state index contributed by atoms with van der Waals surface area (Å²) in [6.45, 7) is 1.72. The molecule has 0 spiro atoms. The van der Waals surface area contributed by atoms with E-state index in [1.54, 1.807) is 28.0 Å². The minimum atomic E-state index is -4.86. The maximum atomic E-state index is 14.0. The van der Waals surface area contributed by atoms with E-state index < -0.39 is 29.2 Å². The molecule has 2 aliphatic heterocycles. The van der Waals surface area contributed by atoms with Crippen molar-refractivity contribution in [2.75, 3.05) is 36.4 Å². The first-order chi connectivity index (χ1) is 21.7. The number of hydrogen-bond acceptors (Lipinski definition) is 7. The van der Waals surface area contributed by atoms with Crippen molar-refractivity contribution < 1.29 is 31.6 Å². The highest BCUT2D eigenvalue weighted by Crippen LogP contribution is 2.36. The molecule has 6 rings (SSSR count). The summed E-state index contributed by atoms with van der Waals surface area (Å²) in [7, 11) is 0. The summed E-state index contributed by atoms with van der Waals surface area (Å²) < 4.78 is 61.2. The smallest absolute Gasteiger partial charge is 0.420 e. The molecule has 0 aliphatic carbocycles. The zero-order valence-electron chi connectivity index (χ0n) is 24.3. The van der Waals surface area contributed by atoms with E-state index in [-0.39, 0.29) is 29.9 Å². The van der Waals surface area contributed by atoms with Crippen LogP contribution in [0.4, 0.5) is 29.4 Å². The van der Waals surface area contributed by atoms with Gasteiger partial charge in [0.2, 0.25) is 11.5 Å². The lowest BCUT2D eigenvalue weighted by Crippen LogP contribution is -2.33. The number of rotatable bonds is 8. The molecule has 0 bridgehead atoms. The van der Waals surface area contributed by atoms with Gasteiger partial charge in [0.25, 0.3) is 11.9 Å². The average Bonchev–Trinajstić information content (AvgIpc) is 3.71. The summed E-state index contributed by atoms with van der Waals surface area (Å²) in [5, 5.41) is 3.22. The number of alkyl halides is 3. The minimum Gasteiger partial charge on any atom is -0.420 e. The fraction of sp³-hybridized carbons (Fsp3) is 0.333. The van der Waals surface area contributed by atoms with Crippen molar-refractivity contribution in [3.05, 3.63) is 107 Å². The van der Waals surface area contributed by atoms with Crippen LogP contribution in [-0.2, 0) is 12.6 Å². The Morgan fingerprint density at radius 2 is 1.67 bits per heavy atom. The van der Waals surface area contributed by atoms with Crippen molar-refractivity contribution in [2.24, 2.45) is 0 Å². The number of aromatic nitrogens is 2. The molecule has 2 aliphatic rings. The standard InChI is InChI=1S/C33H31F4N5O3/c34-26-9-5-4-8-25(26)31(44)42-17-14-24(20-42)39-28-11-10-21(19-38-28)18-27(43)29-30(33(35,36)37)40-32(45-29)41-15-12-23(13-16-41)22-6-2-1-3-7-22/h1-11,19,23-24H,12-18,20H2,(H,38,39)/t24-/m1/s1. The van der Waals surface area contributed by atoms with E-state index in [0.717, 1.165) is 12.8 Å². The number of benzene rings is 2. The van der Waals surface area contributed by atoms with Crippen molar-refractivity contribution >= 4 is 23.5 Å². The second-order valence-corrected chi connectivity index (χ2v) is 11.4. The quantitative estimate of drug-likeness (QED) is 0.181. The minimum absolute atomic E-state index is 0.0190. The lowest BCUT2D eigenvalue weighted by molar-refractivity contribution is -0.141. The van der Waals surface area contributed by atoms with E-state index in [9.17, 15) is 27.2 Å². The van der Waals surface area contributed by atoms with Crippen LogP contribution in [0.2, 0.25) is 0 Å². The number of Topliss-reactive ketones (excluding diaryl/α,β-unsaturated/α-hetero) is 1. The highest BCUT2D eigenvalue weighted by Gasteiger charge is 2.42. The highest BCUT2D eigenvalue weighted by atomic mass is 19.4. The molecule has 234 valence electrons. The van der Waals surface area contributed by atoms with Crippen molar-refractivity contribution in [3.63, 3.8) is 0 Å². The number of likely N-dealkylation sites (tertiary alicyclic amines) is 1. The predicted octanol–water partition coefficient (Wildman–Crippen LogP) is 6.36. The van der Waals surface area contributed by atoms with Crippen LogP contribution in [0.25, 0.3) is 0 Å². The molecular weight excluding hydrogens is 590 g/mol. The van der Waals surface area contributed by atoms with Crippen molar-refractivity contribution in [1.82, 2.24) is 14.9 Å². The van der Waals surface area contributed by atoms with Gasteiger partial charge in [0, 0.05) is 44.8 Å². The number of anilines is 2. The number of oxazole rings is 1. The number of amides is 1. The molecule has 2 saturated heterocycles. The van der Waals surface area contributed by atoms with Crippen LogP contribution in [0, 0.1) is 5.82 Å². The SMILES string of the molecule is O=C(Cc1ccc(N[C@@H]2CCN(C(=O)c3ccccc3F)C2)nc1)c1oc(N2CCC(c3ccccc3)CC2)nc1C(F)(F)F. The lowest BCUT2D eigenvalue weighted by atomic mass is 9.90. The van der Waals surface area contributed by atoms with Gasteiger partial charge in [-0.2, -0.15) is 18.2 Å². The molecule has 8 nitrogen and oxygen atoms in total. The summed E-state index contributed by atoms with van der Waals surface area (Å²) in [5.74, 6) is -1.84. The molecule has 1 atom stereocenters. The van der Waals surface area contributed by atoms with Gasteiger partial charge in [0.15, 0.2) is 5.69 Å². The normalized spacial score (nSPS) is 17.5. The number of hydrogen-bond donors (Lipinski definition) is 1. The Morgan fingerprint density at radius 1 is 0.933 bits per heavy atom. The molecule has 0 unspecified atom stereocenters. The maximum Gasteiger partial charge on any atom is 0.437 e. The van der Waals surface area contributed by atoms with Gasteiger partial charge in [-0.25, -0.2) is 9.37 Å². The molecule has 0 radical (unpaired) electrons. The number of nitrogens with one attached hydrogen (secondary N) is 1. The van der Waals surface area contributed by atoms with Crippen LogP contribution in [-0.4, -0.2) is 58.8 Å². The van der Waals surface area contributed by atoms with Gasteiger partial charge in [-0.15, -0.1) is 0 Å². The average molecular weight is 622 g/mol. The number of piperidine rings is 1. The predicted molar refractivity (Wildman–Crippen MR) is 159 cm³/mol. The Kier molecular flexibility index (Phi) is 8.55. The first-order valence-electron chi connectivity index (χ1n) is 14.8. The van der Waals surface area contributed by atoms with Gasteiger partial charge in [0.1, 0.15) is 11.6 Å². The maximum absolute atomic E-state index is 14.0. The van der Waals surface area contributed by atoms with E-state index in [2.05, 4.69) is 15.3 Å². The van der Waals surface area contributed by atoms with E-state index in [1.165, 1.54) is 30.0 Å². The molecule has 1 amide bonds.